The molecule has 2 bridgehead atoms. The summed E-state index contributed by atoms with van der Waals surface area (Å²) < 4.78 is 5.83. The average molecular weight is 348 g/mol. The van der Waals surface area contributed by atoms with E-state index >= 15 is 0 Å². The van der Waals surface area contributed by atoms with Crippen molar-refractivity contribution < 1.29 is 9.53 Å². The van der Waals surface area contributed by atoms with Crippen molar-refractivity contribution >= 4 is 28.6 Å². The number of nitrogens with one attached hydrogen (secondary N) is 1. The Morgan fingerprint density at radius 2 is 2.26 bits per heavy atom. The highest BCUT2D eigenvalue weighted by Gasteiger charge is 2.43. The van der Waals surface area contributed by atoms with Gasteiger partial charge in [-0.3, -0.25) is 4.79 Å². The summed E-state index contributed by atoms with van der Waals surface area (Å²) in [4.78, 5) is 18.7. The monoisotopic (exact) mass is 348 g/mol. The number of thiazole rings is 1. The molecule has 0 saturated carbocycles. The average Bonchev–Trinajstić information content (AvgIpc) is 3.29. The molecule has 0 unspecified atom stereocenters. The first-order chi connectivity index (χ1) is 11.0. The van der Waals surface area contributed by atoms with Crippen LogP contribution < -0.4 is 5.32 Å². The van der Waals surface area contributed by atoms with Gasteiger partial charge in [0, 0.05) is 5.38 Å². The molecule has 3 atom stereocenters. The number of aromatic nitrogens is 1. The number of fused-ring (bicyclic) bond motifs is 2. The lowest BCUT2D eigenvalue weighted by molar-refractivity contribution is -0.126. The standard InChI is InChI=1S/C17H20N2O2S2/c1-17(2,14-9-23-15(19-14)13-4-3-7-22-13)16(20)18-11-8-10-5-6-12(11)21-10/h3-4,7,9-12H,5-6,8H2,1-2H3,(H,18,20)/t10-,11+,12-/m1/s1. The van der Waals surface area contributed by atoms with E-state index in [1.807, 2.05) is 30.7 Å². The van der Waals surface area contributed by atoms with E-state index in [9.17, 15) is 4.79 Å². The van der Waals surface area contributed by atoms with Crippen molar-refractivity contribution in [3.05, 3.63) is 28.6 Å². The van der Waals surface area contributed by atoms with E-state index < -0.39 is 5.41 Å². The van der Waals surface area contributed by atoms with E-state index in [4.69, 9.17) is 9.72 Å². The second-order valence-electron chi connectivity index (χ2n) is 6.83. The van der Waals surface area contributed by atoms with Crippen molar-refractivity contribution in [2.24, 2.45) is 0 Å². The molecule has 2 aliphatic rings. The molecule has 1 N–H and O–H groups in total. The predicted molar refractivity (Wildman–Crippen MR) is 92.9 cm³/mol. The summed E-state index contributed by atoms with van der Waals surface area (Å²) in [6, 6.07) is 4.25. The third kappa shape index (κ3) is 2.73. The van der Waals surface area contributed by atoms with Gasteiger partial charge in [-0.15, -0.1) is 22.7 Å². The van der Waals surface area contributed by atoms with Crippen LogP contribution in [0.5, 0.6) is 0 Å². The lowest BCUT2D eigenvalue weighted by Gasteiger charge is -2.27. The van der Waals surface area contributed by atoms with Crippen molar-refractivity contribution in [3.63, 3.8) is 0 Å². The largest absolute Gasteiger partial charge is 0.373 e. The zero-order valence-corrected chi connectivity index (χ0v) is 14.9. The molecule has 4 rings (SSSR count). The van der Waals surface area contributed by atoms with Crippen LogP contribution in [0.3, 0.4) is 0 Å². The van der Waals surface area contributed by atoms with Gasteiger partial charge in [-0.05, 0) is 44.6 Å². The van der Waals surface area contributed by atoms with Crippen molar-refractivity contribution in [2.45, 2.75) is 56.8 Å². The van der Waals surface area contributed by atoms with Gasteiger partial charge in [-0.2, -0.15) is 0 Å². The van der Waals surface area contributed by atoms with Crippen LogP contribution in [0, 0.1) is 0 Å². The molecule has 6 heteroatoms. The Bertz CT molecular complexity index is 708. The van der Waals surface area contributed by atoms with E-state index in [-0.39, 0.29) is 18.1 Å². The summed E-state index contributed by atoms with van der Waals surface area (Å²) in [7, 11) is 0. The third-order valence-corrected chi connectivity index (χ3v) is 6.75. The Balaban J connectivity index is 1.49. The predicted octanol–water partition coefficient (Wildman–Crippen LogP) is 3.59. The van der Waals surface area contributed by atoms with Crippen LogP contribution in [-0.4, -0.2) is 29.1 Å². The molecule has 122 valence electrons. The van der Waals surface area contributed by atoms with E-state index in [2.05, 4.69) is 11.4 Å². The van der Waals surface area contributed by atoms with Crippen LogP contribution in [0.2, 0.25) is 0 Å². The molecule has 2 fully saturated rings. The molecule has 0 spiro atoms. The first-order valence-corrected chi connectivity index (χ1v) is 9.76. The minimum absolute atomic E-state index is 0.0432. The molecule has 4 nitrogen and oxygen atoms in total. The van der Waals surface area contributed by atoms with Crippen LogP contribution in [0.4, 0.5) is 0 Å². The summed E-state index contributed by atoms with van der Waals surface area (Å²) in [5.74, 6) is 0.0432. The lowest BCUT2D eigenvalue weighted by Crippen LogP contribution is -2.48. The molecule has 2 aromatic rings. The molecule has 0 aliphatic carbocycles. The van der Waals surface area contributed by atoms with Gasteiger partial charge in [-0.1, -0.05) is 6.07 Å². The van der Waals surface area contributed by atoms with Gasteiger partial charge in [-0.25, -0.2) is 4.98 Å². The van der Waals surface area contributed by atoms with E-state index in [1.165, 1.54) is 0 Å². The van der Waals surface area contributed by atoms with E-state index in [0.29, 0.717) is 6.10 Å². The number of nitrogens with zero attached hydrogens (tertiary/aromatic N) is 1. The van der Waals surface area contributed by atoms with E-state index in [1.54, 1.807) is 22.7 Å². The fourth-order valence-corrected chi connectivity index (χ4v) is 5.13. The van der Waals surface area contributed by atoms with Crippen molar-refractivity contribution in [3.8, 4) is 9.88 Å². The first-order valence-electron chi connectivity index (χ1n) is 8.00. The summed E-state index contributed by atoms with van der Waals surface area (Å²) in [6.07, 6.45) is 3.70. The molecule has 1 amide bonds. The topological polar surface area (TPSA) is 51.2 Å². The quantitative estimate of drug-likeness (QED) is 0.919. The zero-order valence-electron chi connectivity index (χ0n) is 13.2. The van der Waals surface area contributed by atoms with Crippen molar-refractivity contribution in [1.82, 2.24) is 10.3 Å². The number of thiophene rings is 1. The van der Waals surface area contributed by atoms with Crippen molar-refractivity contribution in [2.75, 3.05) is 0 Å². The molecule has 2 saturated heterocycles. The van der Waals surface area contributed by atoms with Crippen LogP contribution in [-0.2, 0) is 14.9 Å². The number of carbonyl (C=O) groups is 1. The summed E-state index contributed by atoms with van der Waals surface area (Å²) >= 11 is 3.27. The Hall–Kier alpha value is -1.24. The third-order valence-electron chi connectivity index (χ3n) is 4.87. The fourth-order valence-electron chi connectivity index (χ4n) is 3.33. The van der Waals surface area contributed by atoms with Crippen LogP contribution in [0.25, 0.3) is 9.88 Å². The highest BCUT2D eigenvalue weighted by molar-refractivity contribution is 7.20. The Labute approximate surface area is 143 Å². The smallest absolute Gasteiger partial charge is 0.232 e. The summed E-state index contributed by atoms with van der Waals surface area (Å²) in [5, 5.41) is 8.23. The van der Waals surface area contributed by atoms with Gasteiger partial charge in [0.2, 0.25) is 5.91 Å². The van der Waals surface area contributed by atoms with Gasteiger partial charge in [0.05, 0.1) is 34.2 Å². The first kappa shape index (κ1) is 15.3. The Kier molecular flexibility index (Phi) is 3.78. The second-order valence-corrected chi connectivity index (χ2v) is 8.64. The minimum atomic E-state index is -0.631. The lowest BCUT2D eigenvalue weighted by atomic mass is 9.87. The molecule has 2 aromatic heterocycles. The fraction of sp³-hybridized carbons (Fsp3) is 0.529. The molecular formula is C17H20N2O2S2. The summed E-state index contributed by atoms with van der Waals surface area (Å²) in [5.41, 5.74) is 0.209. The number of amides is 1. The highest BCUT2D eigenvalue weighted by Crippen LogP contribution is 2.36. The van der Waals surface area contributed by atoms with Gasteiger partial charge in [0.15, 0.2) is 0 Å². The maximum Gasteiger partial charge on any atom is 0.232 e. The molecule has 4 heterocycles. The zero-order chi connectivity index (χ0) is 16.0. The molecular weight excluding hydrogens is 328 g/mol. The maximum atomic E-state index is 12.8. The van der Waals surface area contributed by atoms with Crippen LogP contribution in [0.15, 0.2) is 22.9 Å². The van der Waals surface area contributed by atoms with Gasteiger partial charge in [0.1, 0.15) is 5.01 Å². The van der Waals surface area contributed by atoms with Gasteiger partial charge in [0.25, 0.3) is 0 Å². The van der Waals surface area contributed by atoms with Crippen LogP contribution >= 0.6 is 22.7 Å². The second kappa shape index (κ2) is 5.69. The number of hydrogen-bond donors (Lipinski definition) is 1. The van der Waals surface area contributed by atoms with Crippen LogP contribution in [0.1, 0.15) is 38.8 Å². The molecule has 0 radical (unpaired) electrons. The maximum absolute atomic E-state index is 12.8. The normalized spacial score (nSPS) is 26.6. The Morgan fingerprint density at radius 1 is 1.39 bits per heavy atom. The number of hydrogen-bond acceptors (Lipinski definition) is 5. The van der Waals surface area contributed by atoms with E-state index in [0.717, 1.165) is 34.8 Å². The highest BCUT2D eigenvalue weighted by atomic mass is 32.1. The number of ether oxygens (including phenoxy) is 1. The summed E-state index contributed by atoms with van der Waals surface area (Å²) in [6.45, 7) is 3.90. The Morgan fingerprint density at radius 3 is 2.91 bits per heavy atom. The van der Waals surface area contributed by atoms with Crippen molar-refractivity contribution in [1.29, 1.82) is 0 Å². The molecule has 0 aromatic carbocycles. The number of carbonyl (C=O) groups excluding carboxylic acids is 1. The molecule has 23 heavy (non-hydrogen) atoms. The SMILES string of the molecule is CC(C)(C(=O)N[C@H]1C[C@H]2CC[C@H]1O2)c1csc(-c2cccs2)n1. The van der Waals surface area contributed by atoms with Gasteiger partial charge >= 0.3 is 0 Å². The number of rotatable bonds is 4. The van der Waals surface area contributed by atoms with Gasteiger partial charge < -0.3 is 10.1 Å². The minimum Gasteiger partial charge on any atom is -0.373 e. The molecule has 2 aliphatic heterocycles.